The van der Waals surface area contributed by atoms with Crippen LogP contribution >= 0.6 is 11.3 Å². The maximum Gasteiger partial charge on any atom is 0.153 e. The van der Waals surface area contributed by atoms with Gasteiger partial charge in [0.2, 0.25) is 0 Å². The highest BCUT2D eigenvalue weighted by Gasteiger charge is 2.21. The van der Waals surface area contributed by atoms with Crippen LogP contribution in [0, 0.1) is 0 Å². The third-order valence-electron chi connectivity index (χ3n) is 8.34. The quantitative estimate of drug-likeness (QED) is 0.204. The molecular formula is C38H22OS. The molecule has 0 amide bonds. The van der Waals surface area contributed by atoms with Gasteiger partial charge in [-0.25, -0.2) is 0 Å². The summed E-state index contributed by atoms with van der Waals surface area (Å²) in [6.45, 7) is 0. The van der Waals surface area contributed by atoms with Gasteiger partial charge in [-0.3, -0.25) is 0 Å². The molecule has 0 unspecified atom stereocenters. The molecule has 0 atom stereocenters. The Morgan fingerprint density at radius 1 is 0.425 bits per heavy atom. The molecule has 0 aliphatic carbocycles. The Hall–Kier alpha value is -4.92. The van der Waals surface area contributed by atoms with Crippen LogP contribution in [-0.2, 0) is 0 Å². The van der Waals surface area contributed by atoms with Gasteiger partial charge in [-0.1, -0.05) is 109 Å². The zero-order valence-electron chi connectivity index (χ0n) is 21.5. The highest BCUT2D eigenvalue weighted by Crippen LogP contribution is 2.48. The van der Waals surface area contributed by atoms with E-state index in [0.29, 0.717) is 0 Å². The Balaban J connectivity index is 1.47. The number of hydrogen-bond donors (Lipinski definition) is 0. The van der Waals surface area contributed by atoms with Gasteiger partial charge in [0.25, 0.3) is 0 Å². The smallest absolute Gasteiger partial charge is 0.153 e. The van der Waals surface area contributed by atoms with Gasteiger partial charge in [0, 0.05) is 10.8 Å². The molecule has 2 heteroatoms. The topological polar surface area (TPSA) is 13.1 Å². The number of fused-ring (bicyclic) bond motifs is 8. The molecule has 1 nitrogen and oxygen atoms in total. The van der Waals surface area contributed by atoms with Crippen molar-refractivity contribution in [3.05, 3.63) is 133 Å². The molecule has 2 aromatic heterocycles. The van der Waals surface area contributed by atoms with E-state index < -0.39 is 0 Å². The van der Waals surface area contributed by atoms with Gasteiger partial charge in [-0.2, -0.15) is 0 Å². The van der Waals surface area contributed by atoms with Crippen LogP contribution < -0.4 is 0 Å². The highest BCUT2D eigenvalue weighted by molar-refractivity contribution is 7.18. The molecule has 9 rings (SSSR count). The van der Waals surface area contributed by atoms with Crippen molar-refractivity contribution in [2.24, 2.45) is 0 Å². The summed E-state index contributed by atoms with van der Waals surface area (Å²) in [6.07, 6.45) is 0. The lowest BCUT2D eigenvalue weighted by Crippen LogP contribution is -1.92. The van der Waals surface area contributed by atoms with Gasteiger partial charge in [-0.05, 0) is 83.5 Å². The molecule has 0 fully saturated rings. The average Bonchev–Trinajstić information content (AvgIpc) is 3.64. The van der Waals surface area contributed by atoms with E-state index in [1.165, 1.54) is 75.4 Å². The Labute approximate surface area is 234 Å². The molecular weight excluding hydrogens is 504 g/mol. The van der Waals surface area contributed by atoms with Crippen LogP contribution in [0.25, 0.3) is 86.6 Å². The van der Waals surface area contributed by atoms with E-state index in [2.05, 4.69) is 133 Å². The lowest BCUT2D eigenvalue weighted by atomic mass is 9.84. The Bertz CT molecular complexity index is 2380. The van der Waals surface area contributed by atoms with E-state index in [-0.39, 0.29) is 0 Å². The van der Waals surface area contributed by atoms with Gasteiger partial charge in [0.15, 0.2) is 5.58 Å². The van der Waals surface area contributed by atoms with Gasteiger partial charge in [0.1, 0.15) is 5.58 Å². The van der Waals surface area contributed by atoms with Gasteiger partial charge >= 0.3 is 0 Å². The summed E-state index contributed by atoms with van der Waals surface area (Å²) in [6, 6.07) is 46.3. The fraction of sp³-hybridized carbons (Fsp3) is 0. The van der Waals surface area contributed by atoms with Crippen LogP contribution in [0.2, 0.25) is 0 Å². The number of furan rings is 1. The maximum atomic E-state index is 6.56. The molecule has 7 aromatic carbocycles. The molecule has 0 aliphatic rings. The summed E-state index contributed by atoms with van der Waals surface area (Å²) in [7, 11) is 0. The van der Waals surface area contributed by atoms with Crippen molar-refractivity contribution in [1.29, 1.82) is 0 Å². The van der Waals surface area contributed by atoms with Crippen LogP contribution in [0.15, 0.2) is 137 Å². The number of thiophene rings is 1. The summed E-state index contributed by atoms with van der Waals surface area (Å²) in [5, 5.41) is 13.3. The molecule has 40 heavy (non-hydrogen) atoms. The molecule has 0 radical (unpaired) electrons. The molecule has 2 heterocycles. The summed E-state index contributed by atoms with van der Waals surface area (Å²) in [5.41, 5.74) is 6.94. The maximum absolute atomic E-state index is 6.56. The van der Waals surface area contributed by atoms with Gasteiger partial charge < -0.3 is 4.42 Å². The third-order valence-corrected chi connectivity index (χ3v) is 9.27. The first kappa shape index (κ1) is 22.0. The normalized spacial score (nSPS) is 12.0. The summed E-state index contributed by atoms with van der Waals surface area (Å²) >= 11 is 1.75. The van der Waals surface area contributed by atoms with Crippen LogP contribution in [0.1, 0.15) is 0 Å². The SMILES string of the molecule is c1ccc2c(-c3c4ccccc4c(-c4cccc5oc6c(ccc7ccsc76)c45)c4ccccc34)cccc2c1. The summed E-state index contributed by atoms with van der Waals surface area (Å²) in [4.78, 5) is 0. The van der Waals surface area contributed by atoms with Gasteiger partial charge in [0.05, 0.1) is 4.70 Å². The number of rotatable bonds is 2. The van der Waals surface area contributed by atoms with E-state index >= 15 is 0 Å². The first-order chi connectivity index (χ1) is 19.9. The average molecular weight is 527 g/mol. The standard InChI is InChI=1S/C38H22OS/c1-2-11-25-23(9-1)10-7-16-26(25)34-27-12-3-5-14-29(27)35(30-15-6-4-13-28(30)34)31-17-8-18-33-36(31)32-20-19-24-21-22-40-38(24)37(32)39-33/h1-22H. The zero-order valence-corrected chi connectivity index (χ0v) is 22.3. The zero-order chi connectivity index (χ0) is 26.2. The molecule has 0 N–H and O–H groups in total. The Morgan fingerprint density at radius 2 is 1.02 bits per heavy atom. The van der Waals surface area contributed by atoms with Crippen molar-refractivity contribution < 1.29 is 4.42 Å². The minimum Gasteiger partial charge on any atom is -0.455 e. The fourth-order valence-corrected chi connectivity index (χ4v) is 7.55. The van der Waals surface area contributed by atoms with E-state index in [0.717, 1.165) is 11.2 Å². The van der Waals surface area contributed by atoms with Crippen molar-refractivity contribution >= 4 is 75.7 Å². The van der Waals surface area contributed by atoms with Crippen molar-refractivity contribution in [3.8, 4) is 22.3 Å². The van der Waals surface area contributed by atoms with Crippen molar-refractivity contribution in [2.75, 3.05) is 0 Å². The molecule has 0 saturated carbocycles. The van der Waals surface area contributed by atoms with E-state index in [1.807, 2.05) is 0 Å². The van der Waals surface area contributed by atoms with E-state index in [1.54, 1.807) is 11.3 Å². The van der Waals surface area contributed by atoms with Crippen molar-refractivity contribution in [3.63, 3.8) is 0 Å². The summed E-state index contributed by atoms with van der Waals surface area (Å²) < 4.78 is 7.77. The largest absolute Gasteiger partial charge is 0.455 e. The second-order valence-electron chi connectivity index (χ2n) is 10.4. The Kier molecular flexibility index (Phi) is 4.55. The molecule has 186 valence electrons. The minimum absolute atomic E-state index is 0.930. The van der Waals surface area contributed by atoms with Crippen LogP contribution in [0.5, 0.6) is 0 Å². The van der Waals surface area contributed by atoms with E-state index in [4.69, 9.17) is 4.42 Å². The van der Waals surface area contributed by atoms with E-state index in [9.17, 15) is 0 Å². The molecule has 9 aromatic rings. The minimum atomic E-state index is 0.930. The predicted molar refractivity (Wildman–Crippen MR) is 172 cm³/mol. The third kappa shape index (κ3) is 2.97. The molecule has 0 spiro atoms. The lowest BCUT2D eigenvalue weighted by molar-refractivity contribution is 0.673. The highest BCUT2D eigenvalue weighted by atomic mass is 32.1. The predicted octanol–water partition coefficient (Wildman–Crippen LogP) is 11.6. The van der Waals surface area contributed by atoms with Crippen LogP contribution in [0.4, 0.5) is 0 Å². The number of benzene rings is 7. The number of hydrogen-bond acceptors (Lipinski definition) is 2. The Morgan fingerprint density at radius 3 is 1.77 bits per heavy atom. The fourth-order valence-electron chi connectivity index (χ4n) is 6.67. The second kappa shape index (κ2) is 8.29. The second-order valence-corrected chi connectivity index (χ2v) is 11.3. The summed E-state index contributed by atoms with van der Waals surface area (Å²) in [5.74, 6) is 0. The van der Waals surface area contributed by atoms with Gasteiger partial charge in [-0.15, -0.1) is 11.3 Å². The molecule has 0 bridgehead atoms. The van der Waals surface area contributed by atoms with Crippen molar-refractivity contribution in [2.45, 2.75) is 0 Å². The molecule has 0 saturated heterocycles. The first-order valence-electron chi connectivity index (χ1n) is 13.6. The monoisotopic (exact) mass is 526 g/mol. The van der Waals surface area contributed by atoms with Crippen LogP contribution in [-0.4, -0.2) is 0 Å². The molecule has 0 aliphatic heterocycles. The van der Waals surface area contributed by atoms with Crippen LogP contribution in [0.3, 0.4) is 0 Å². The first-order valence-corrected chi connectivity index (χ1v) is 14.5. The van der Waals surface area contributed by atoms with Crippen molar-refractivity contribution in [1.82, 2.24) is 0 Å². The lowest BCUT2D eigenvalue weighted by Gasteiger charge is -2.19.